The number of carbonyl (C=O) groups is 1. The first-order chi connectivity index (χ1) is 12.1. The van der Waals surface area contributed by atoms with Crippen LogP contribution in [0.15, 0.2) is 23.8 Å². The van der Waals surface area contributed by atoms with Crippen LogP contribution in [-0.4, -0.2) is 29.7 Å². The number of hydrogen-bond donors (Lipinski definition) is 1. The lowest BCUT2D eigenvalue weighted by atomic mass is 9.49. The van der Waals surface area contributed by atoms with Gasteiger partial charge in [-0.3, -0.25) is 4.79 Å². The van der Waals surface area contributed by atoms with Crippen molar-refractivity contribution in [3.8, 4) is 0 Å². The maximum atomic E-state index is 12.0. The zero-order chi connectivity index (χ0) is 17.2. The predicted molar refractivity (Wildman–Crippen MR) is 95.9 cm³/mol. The predicted octanol–water partition coefficient (Wildman–Crippen LogP) is 3.67. The van der Waals surface area contributed by atoms with E-state index in [4.69, 9.17) is 4.74 Å². The van der Waals surface area contributed by atoms with Gasteiger partial charge in [-0.25, -0.2) is 0 Å². The highest BCUT2D eigenvalue weighted by atomic mass is 16.5. The zero-order valence-corrected chi connectivity index (χ0v) is 15.2. The third-order valence-corrected chi connectivity index (χ3v) is 8.72. The molecule has 3 fully saturated rings. The van der Waals surface area contributed by atoms with E-state index in [-0.39, 0.29) is 29.3 Å². The quantitative estimate of drug-likeness (QED) is 0.740. The molecule has 4 aliphatic carbocycles. The molecule has 0 radical (unpaired) electrons. The average molecular weight is 342 g/mol. The first-order valence-corrected chi connectivity index (χ1v) is 10.2. The Labute approximate surface area is 150 Å². The molecule has 0 saturated heterocycles. The lowest BCUT2D eigenvalue weighted by Crippen LogP contribution is -2.53. The molecular formula is C22H30O3. The molecule has 3 heteroatoms. The molecule has 3 unspecified atom stereocenters. The first kappa shape index (κ1) is 16.3. The van der Waals surface area contributed by atoms with Crippen LogP contribution in [0.4, 0.5) is 0 Å². The first-order valence-electron chi connectivity index (χ1n) is 10.2. The second-order valence-electron chi connectivity index (χ2n) is 9.40. The van der Waals surface area contributed by atoms with Gasteiger partial charge in [0.25, 0.3) is 0 Å². The minimum atomic E-state index is -0.0318. The van der Waals surface area contributed by atoms with E-state index in [0.29, 0.717) is 30.1 Å². The minimum absolute atomic E-state index is 0.0318. The largest absolute Gasteiger partial charge is 0.396 e. The van der Waals surface area contributed by atoms with Gasteiger partial charge in [-0.15, -0.1) is 0 Å². The Hall–Kier alpha value is -0.930. The summed E-state index contributed by atoms with van der Waals surface area (Å²) in [5, 5.41) is 10.0. The maximum absolute atomic E-state index is 12.0. The smallest absolute Gasteiger partial charge is 0.155 e. The minimum Gasteiger partial charge on any atom is -0.396 e. The Morgan fingerprint density at radius 1 is 1.24 bits per heavy atom. The van der Waals surface area contributed by atoms with Crippen LogP contribution < -0.4 is 0 Å². The van der Waals surface area contributed by atoms with E-state index in [1.54, 1.807) is 0 Å². The Morgan fingerprint density at radius 2 is 2.12 bits per heavy atom. The topological polar surface area (TPSA) is 46.5 Å². The Balaban J connectivity index is 1.50. The molecule has 1 spiro atoms. The number of ether oxygens (including phenoxy) is 1. The molecule has 5 aliphatic rings. The number of fused-ring (bicyclic) bond motifs is 6. The van der Waals surface area contributed by atoms with Crippen LogP contribution in [-0.2, 0) is 9.53 Å². The molecule has 3 nitrogen and oxygen atoms in total. The van der Waals surface area contributed by atoms with E-state index in [9.17, 15) is 9.90 Å². The summed E-state index contributed by atoms with van der Waals surface area (Å²) in [5.41, 5.74) is 1.50. The van der Waals surface area contributed by atoms with Crippen molar-refractivity contribution in [3.05, 3.63) is 23.8 Å². The monoisotopic (exact) mass is 342 g/mol. The molecule has 3 saturated carbocycles. The van der Waals surface area contributed by atoms with Crippen LogP contribution in [0.2, 0.25) is 0 Å². The van der Waals surface area contributed by atoms with E-state index >= 15 is 0 Å². The van der Waals surface area contributed by atoms with Gasteiger partial charge in [0, 0.05) is 24.4 Å². The summed E-state index contributed by atoms with van der Waals surface area (Å²) >= 11 is 0. The van der Waals surface area contributed by atoms with Crippen LogP contribution in [0.5, 0.6) is 0 Å². The molecule has 1 heterocycles. The summed E-state index contributed by atoms with van der Waals surface area (Å²) in [4.78, 5) is 12.0. The summed E-state index contributed by atoms with van der Waals surface area (Å²) in [6, 6.07) is 0. The van der Waals surface area contributed by atoms with E-state index in [2.05, 4.69) is 19.1 Å². The van der Waals surface area contributed by atoms with Gasteiger partial charge in [0.05, 0.1) is 12.2 Å². The molecule has 1 N–H and O–H groups in total. The van der Waals surface area contributed by atoms with E-state index in [0.717, 1.165) is 25.9 Å². The zero-order valence-electron chi connectivity index (χ0n) is 15.2. The molecule has 136 valence electrons. The third kappa shape index (κ3) is 2.09. The van der Waals surface area contributed by atoms with Gasteiger partial charge in [0.1, 0.15) is 0 Å². The molecule has 0 amide bonds. The number of aliphatic hydroxyl groups excluding tert-OH is 1. The van der Waals surface area contributed by atoms with Crippen molar-refractivity contribution < 1.29 is 14.6 Å². The number of hydrogen-bond acceptors (Lipinski definition) is 3. The number of rotatable bonds is 1. The summed E-state index contributed by atoms with van der Waals surface area (Å²) in [5.74, 6) is 3.10. The van der Waals surface area contributed by atoms with Crippen LogP contribution in [0.1, 0.15) is 51.9 Å². The fraction of sp³-hybridized carbons (Fsp3) is 0.773. The van der Waals surface area contributed by atoms with Crippen molar-refractivity contribution in [1.29, 1.82) is 0 Å². The SMILES string of the molecule is C[C@]12CCC3C(C[C@@H](CO)C4=CC(=O)CC[C@@H]43)C1CC[C@@]21C=CCO1. The van der Waals surface area contributed by atoms with Gasteiger partial charge in [-0.1, -0.05) is 24.6 Å². The Morgan fingerprint density at radius 3 is 2.88 bits per heavy atom. The highest BCUT2D eigenvalue weighted by molar-refractivity contribution is 5.91. The fourth-order valence-corrected chi connectivity index (χ4v) is 7.54. The molecule has 0 aromatic rings. The van der Waals surface area contributed by atoms with E-state index < -0.39 is 0 Å². The van der Waals surface area contributed by atoms with Gasteiger partial charge < -0.3 is 9.84 Å². The van der Waals surface area contributed by atoms with Crippen molar-refractivity contribution in [3.63, 3.8) is 0 Å². The van der Waals surface area contributed by atoms with Crippen LogP contribution in [0.25, 0.3) is 0 Å². The normalized spacial score (nSPS) is 51.2. The van der Waals surface area contributed by atoms with Gasteiger partial charge in [0.2, 0.25) is 0 Å². The Bertz CT molecular complexity index is 650. The van der Waals surface area contributed by atoms with Crippen LogP contribution in [0, 0.1) is 35.0 Å². The number of carbonyl (C=O) groups excluding carboxylic acids is 1. The average Bonchev–Trinajstić information content (AvgIpc) is 3.20. The molecule has 1 aliphatic heterocycles. The molecule has 0 aromatic carbocycles. The highest BCUT2D eigenvalue weighted by Crippen LogP contribution is 2.67. The van der Waals surface area contributed by atoms with Gasteiger partial charge in [-0.05, 0) is 68.3 Å². The molecule has 25 heavy (non-hydrogen) atoms. The molecule has 0 bridgehead atoms. The van der Waals surface area contributed by atoms with Crippen molar-refractivity contribution in [1.82, 2.24) is 0 Å². The maximum Gasteiger partial charge on any atom is 0.155 e. The third-order valence-electron chi connectivity index (χ3n) is 8.72. The van der Waals surface area contributed by atoms with Crippen LogP contribution >= 0.6 is 0 Å². The van der Waals surface area contributed by atoms with Crippen LogP contribution in [0.3, 0.4) is 0 Å². The fourth-order valence-electron chi connectivity index (χ4n) is 7.54. The molecule has 7 atom stereocenters. The van der Waals surface area contributed by atoms with E-state index in [1.807, 2.05) is 6.08 Å². The van der Waals surface area contributed by atoms with Crippen molar-refractivity contribution >= 4 is 5.78 Å². The van der Waals surface area contributed by atoms with Crippen molar-refractivity contribution in [2.24, 2.45) is 35.0 Å². The Kier molecular flexibility index (Phi) is 3.60. The number of ketones is 1. The summed E-state index contributed by atoms with van der Waals surface area (Å²) in [7, 11) is 0. The standard InChI is InChI=1S/C22H30O3/c1-21-8-5-17-16-4-3-15(24)12-18(16)14(13-23)11-19(17)20(21)6-9-22(21)7-2-10-25-22/h2,7,12,14,16-17,19-20,23H,3-6,8-11,13H2,1H3/t14-,16+,17?,19?,20?,21-,22-/m0/s1. The second kappa shape index (κ2) is 5.53. The lowest BCUT2D eigenvalue weighted by Gasteiger charge is -2.57. The summed E-state index contributed by atoms with van der Waals surface area (Å²) in [6.45, 7) is 3.44. The second-order valence-corrected chi connectivity index (χ2v) is 9.40. The molecule has 5 rings (SSSR count). The van der Waals surface area contributed by atoms with Gasteiger partial charge in [0.15, 0.2) is 5.78 Å². The molecular weight excluding hydrogens is 312 g/mol. The summed E-state index contributed by atoms with van der Waals surface area (Å²) < 4.78 is 6.31. The van der Waals surface area contributed by atoms with Gasteiger partial charge >= 0.3 is 0 Å². The van der Waals surface area contributed by atoms with Crippen molar-refractivity contribution in [2.75, 3.05) is 13.2 Å². The lowest BCUT2D eigenvalue weighted by molar-refractivity contribution is -0.120. The number of aliphatic hydroxyl groups is 1. The van der Waals surface area contributed by atoms with Crippen molar-refractivity contribution in [2.45, 2.75) is 57.5 Å². The highest BCUT2D eigenvalue weighted by Gasteiger charge is 2.63. The molecule has 0 aromatic heterocycles. The van der Waals surface area contributed by atoms with E-state index in [1.165, 1.54) is 24.8 Å². The van der Waals surface area contributed by atoms with Gasteiger partial charge in [-0.2, -0.15) is 0 Å². The summed E-state index contributed by atoms with van der Waals surface area (Å²) in [6.07, 6.45) is 14.2.